The predicted molar refractivity (Wildman–Crippen MR) is 96.7 cm³/mol. The summed E-state index contributed by atoms with van der Waals surface area (Å²) in [4.78, 5) is 11.7. The number of amides is 1. The van der Waals surface area contributed by atoms with Gasteiger partial charge in [0.15, 0.2) is 0 Å². The number of hydrogen-bond acceptors (Lipinski definition) is 3. The van der Waals surface area contributed by atoms with Crippen molar-refractivity contribution in [1.82, 2.24) is 5.32 Å². The third-order valence-corrected chi connectivity index (χ3v) is 4.31. The van der Waals surface area contributed by atoms with Crippen molar-refractivity contribution in [3.05, 3.63) is 70.7 Å². The lowest BCUT2D eigenvalue weighted by molar-refractivity contribution is -0.118. The molecule has 1 N–H and O–H groups in total. The lowest BCUT2D eigenvalue weighted by Crippen LogP contribution is -2.28. The fraction of sp³-hybridized carbons (Fsp3) is 0.278. The molecule has 0 aromatic heterocycles. The maximum absolute atomic E-state index is 11.7. The van der Waals surface area contributed by atoms with Crippen molar-refractivity contribution in [2.75, 3.05) is 18.9 Å². The molecule has 0 fully saturated rings. The second-order valence-corrected chi connectivity index (χ2v) is 6.43. The molecule has 0 heterocycles. The smallest absolute Gasteiger partial charge is 0.230 e. The second-order valence-electron chi connectivity index (χ2n) is 5.01. The Morgan fingerprint density at radius 2 is 1.87 bits per heavy atom. The van der Waals surface area contributed by atoms with Gasteiger partial charge in [0, 0.05) is 17.3 Å². The largest absolute Gasteiger partial charge is 0.375 e. The van der Waals surface area contributed by atoms with E-state index in [0.717, 1.165) is 21.9 Å². The first-order valence-electron chi connectivity index (χ1n) is 7.44. The summed E-state index contributed by atoms with van der Waals surface area (Å²) < 4.78 is 5.52. The standard InChI is InChI=1S/C18H20ClNO2S/c19-17-8-4-7-16(11-17)13-23-14-18(21)20-9-10-22-12-15-5-2-1-3-6-15/h1-8,11H,9-10,12-14H2,(H,20,21). The first-order chi connectivity index (χ1) is 11.2. The molecule has 2 aromatic rings. The highest BCUT2D eigenvalue weighted by Crippen LogP contribution is 2.16. The zero-order chi connectivity index (χ0) is 16.3. The van der Waals surface area contributed by atoms with Crippen molar-refractivity contribution in [3.63, 3.8) is 0 Å². The maximum Gasteiger partial charge on any atom is 0.230 e. The lowest BCUT2D eigenvalue weighted by atomic mass is 10.2. The van der Waals surface area contributed by atoms with E-state index in [0.29, 0.717) is 25.5 Å². The van der Waals surface area contributed by atoms with Crippen LogP contribution in [0, 0.1) is 0 Å². The summed E-state index contributed by atoms with van der Waals surface area (Å²) in [7, 11) is 0. The molecule has 0 saturated carbocycles. The van der Waals surface area contributed by atoms with Crippen LogP contribution in [0.5, 0.6) is 0 Å². The molecule has 0 aliphatic rings. The Bertz CT molecular complexity index is 607. The normalized spacial score (nSPS) is 10.5. The van der Waals surface area contributed by atoms with Crippen molar-refractivity contribution in [3.8, 4) is 0 Å². The van der Waals surface area contributed by atoms with Gasteiger partial charge in [-0.1, -0.05) is 54.1 Å². The number of benzene rings is 2. The predicted octanol–water partition coefficient (Wildman–Crippen LogP) is 3.91. The highest BCUT2D eigenvalue weighted by Gasteiger charge is 2.02. The minimum Gasteiger partial charge on any atom is -0.375 e. The number of carbonyl (C=O) groups excluding carboxylic acids is 1. The third kappa shape index (κ3) is 7.55. The van der Waals surface area contributed by atoms with Crippen LogP contribution in [-0.2, 0) is 21.9 Å². The summed E-state index contributed by atoms with van der Waals surface area (Å²) in [5.41, 5.74) is 2.26. The van der Waals surface area contributed by atoms with Crippen molar-refractivity contribution >= 4 is 29.3 Å². The number of carbonyl (C=O) groups is 1. The molecule has 0 radical (unpaired) electrons. The van der Waals surface area contributed by atoms with Crippen molar-refractivity contribution in [1.29, 1.82) is 0 Å². The summed E-state index contributed by atoms with van der Waals surface area (Å²) >= 11 is 7.50. The summed E-state index contributed by atoms with van der Waals surface area (Å²) in [6, 6.07) is 17.7. The topological polar surface area (TPSA) is 38.3 Å². The second kappa shape index (κ2) is 10.3. The molecule has 1 amide bonds. The summed E-state index contributed by atoms with van der Waals surface area (Å²) in [6.45, 7) is 1.61. The number of nitrogens with one attached hydrogen (secondary N) is 1. The van der Waals surface area contributed by atoms with Crippen molar-refractivity contribution in [2.24, 2.45) is 0 Å². The van der Waals surface area contributed by atoms with Gasteiger partial charge in [0.1, 0.15) is 0 Å². The van der Waals surface area contributed by atoms with Gasteiger partial charge in [-0.25, -0.2) is 0 Å². The van der Waals surface area contributed by atoms with E-state index >= 15 is 0 Å². The Kier molecular flexibility index (Phi) is 8.01. The van der Waals surface area contributed by atoms with Crippen LogP contribution in [0.2, 0.25) is 5.02 Å². The molecule has 0 unspecified atom stereocenters. The maximum atomic E-state index is 11.7. The van der Waals surface area contributed by atoms with E-state index < -0.39 is 0 Å². The Morgan fingerprint density at radius 1 is 1.09 bits per heavy atom. The average molecular weight is 350 g/mol. The fourth-order valence-corrected chi connectivity index (χ4v) is 2.98. The molecule has 3 nitrogen and oxygen atoms in total. The van der Waals surface area contributed by atoms with Crippen LogP contribution in [0.25, 0.3) is 0 Å². The Balaban J connectivity index is 1.52. The summed E-state index contributed by atoms with van der Waals surface area (Å²) in [5.74, 6) is 1.24. The van der Waals surface area contributed by atoms with Gasteiger partial charge < -0.3 is 10.1 Å². The van der Waals surface area contributed by atoms with E-state index in [9.17, 15) is 4.79 Å². The molecule has 2 aromatic carbocycles. The van der Waals surface area contributed by atoms with Gasteiger partial charge in [0.2, 0.25) is 5.91 Å². The van der Waals surface area contributed by atoms with E-state index in [1.165, 1.54) is 0 Å². The first-order valence-corrected chi connectivity index (χ1v) is 8.98. The zero-order valence-electron chi connectivity index (χ0n) is 12.8. The molecule has 122 valence electrons. The van der Waals surface area contributed by atoms with Crippen LogP contribution in [0.1, 0.15) is 11.1 Å². The molecule has 5 heteroatoms. The minimum atomic E-state index is 0.0281. The van der Waals surface area contributed by atoms with Gasteiger partial charge >= 0.3 is 0 Å². The van der Waals surface area contributed by atoms with E-state index in [2.05, 4.69) is 5.32 Å². The van der Waals surface area contributed by atoms with Gasteiger partial charge in [-0.3, -0.25) is 4.79 Å². The molecule has 0 atom stereocenters. The van der Waals surface area contributed by atoms with E-state index in [-0.39, 0.29) is 5.91 Å². The highest BCUT2D eigenvalue weighted by atomic mass is 35.5. The first kappa shape index (κ1) is 17.9. The minimum absolute atomic E-state index is 0.0281. The molecule has 0 aliphatic carbocycles. The molecule has 0 spiro atoms. The number of hydrogen-bond donors (Lipinski definition) is 1. The van der Waals surface area contributed by atoms with E-state index in [4.69, 9.17) is 16.3 Å². The van der Waals surface area contributed by atoms with Gasteiger partial charge in [-0.05, 0) is 23.3 Å². The summed E-state index contributed by atoms with van der Waals surface area (Å²) in [5, 5.41) is 3.58. The number of halogens is 1. The van der Waals surface area contributed by atoms with Crippen LogP contribution in [-0.4, -0.2) is 24.8 Å². The van der Waals surface area contributed by atoms with Gasteiger partial charge in [-0.2, -0.15) is 0 Å². The van der Waals surface area contributed by atoms with Crippen LogP contribution in [0.3, 0.4) is 0 Å². The van der Waals surface area contributed by atoms with E-state index in [1.807, 2.05) is 54.6 Å². The number of ether oxygens (including phenoxy) is 1. The Labute approximate surface area is 146 Å². The van der Waals surface area contributed by atoms with Crippen LogP contribution in [0.15, 0.2) is 54.6 Å². The molecular formula is C18H20ClNO2S. The number of thioether (sulfide) groups is 1. The lowest BCUT2D eigenvalue weighted by Gasteiger charge is -2.07. The zero-order valence-corrected chi connectivity index (χ0v) is 14.4. The van der Waals surface area contributed by atoms with E-state index in [1.54, 1.807) is 11.8 Å². The highest BCUT2D eigenvalue weighted by molar-refractivity contribution is 7.99. The molecular weight excluding hydrogens is 330 g/mol. The molecule has 0 aliphatic heterocycles. The van der Waals surface area contributed by atoms with Crippen LogP contribution in [0.4, 0.5) is 0 Å². The Hall–Kier alpha value is -1.49. The third-order valence-electron chi connectivity index (χ3n) is 3.07. The molecule has 2 rings (SSSR count). The van der Waals surface area contributed by atoms with Gasteiger partial charge in [0.25, 0.3) is 0 Å². The van der Waals surface area contributed by atoms with Gasteiger partial charge in [0.05, 0.1) is 19.0 Å². The monoisotopic (exact) mass is 349 g/mol. The molecule has 0 saturated heterocycles. The fourth-order valence-electron chi connectivity index (χ4n) is 1.97. The van der Waals surface area contributed by atoms with Crippen LogP contribution >= 0.6 is 23.4 Å². The molecule has 23 heavy (non-hydrogen) atoms. The average Bonchev–Trinajstić information content (AvgIpc) is 2.55. The van der Waals surface area contributed by atoms with Crippen molar-refractivity contribution < 1.29 is 9.53 Å². The Morgan fingerprint density at radius 3 is 2.65 bits per heavy atom. The van der Waals surface area contributed by atoms with Crippen molar-refractivity contribution in [2.45, 2.75) is 12.4 Å². The van der Waals surface area contributed by atoms with Crippen LogP contribution < -0.4 is 5.32 Å². The molecule has 0 bridgehead atoms. The SMILES string of the molecule is O=C(CSCc1cccc(Cl)c1)NCCOCc1ccccc1. The summed E-state index contributed by atoms with van der Waals surface area (Å²) in [6.07, 6.45) is 0. The van der Waals surface area contributed by atoms with Gasteiger partial charge in [-0.15, -0.1) is 11.8 Å². The quantitative estimate of drug-likeness (QED) is 0.697. The number of rotatable bonds is 9.